The Morgan fingerprint density at radius 2 is 1.32 bits per heavy atom. The van der Waals surface area contributed by atoms with Gasteiger partial charge in [0, 0.05) is 0 Å². The third kappa shape index (κ3) is 2.25. The summed E-state index contributed by atoms with van der Waals surface area (Å²) in [7, 11) is 0. The maximum atomic E-state index is 2.30. The van der Waals surface area contributed by atoms with Crippen molar-refractivity contribution in [1.82, 2.24) is 6.15 Å². The van der Waals surface area contributed by atoms with Crippen LogP contribution in [0, 0.1) is 13.8 Å². The van der Waals surface area contributed by atoms with Crippen molar-refractivity contribution < 1.29 is 0 Å². The molecular formula is C18H19N. The highest BCUT2D eigenvalue weighted by atomic mass is 14.1. The molecule has 1 nitrogen and oxygen atoms in total. The monoisotopic (exact) mass is 249 g/mol. The lowest BCUT2D eigenvalue weighted by atomic mass is 9.92. The average molecular weight is 249 g/mol. The van der Waals surface area contributed by atoms with Crippen LogP contribution in [0.5, 0.6) is 0 Å². The number of hydrogen-bond acceptors (Lipinski definition) is 1. The van der Waals surface area contributed by atoms with Crippen LogP contribution in [0.3, 0.4) is 0 Å². The molecule has 96 valence electrons. The Kier molecular flexibility index (Phi) is 3.68. The summed E-state index contributed by atoms with van der Waals surface area (Å²) in [4.78, 5) is 0. The third-order valence-corrected chi connectivity index (χ3v) is 3.72. The molecule has 0 aliphatic rings. The van der Waals surface area contributed by atoms with Crippen molar-refractivity contribution in [2.24, 2.45) is 0 Å². The Balaban J connectivity index is 0.00000133. The van der Waals surface area contributed by atoms with Crippen LogP contribution in [0.25, 0.3) is 21.9 Å². The van der Waals surface area contributed by atoms with Crippen molar-refractivity contribution >= 4 is 10.8 Å². The van der Waals surface area contributed by atoms with E-state index in [0.29, 0.717) is 0 Å². The molecule has 3 aromatic rings. The van der Waals surface area contributed by atoms with Crippen LogP contribution in [-0.2, 0) is 0 Å². The van der Waals surface area contributed by atoms with E-state index < -0.39 is 0 Å². The Labute approximate surface area is 114 Å². The predicted molar refractivity (Wildman–Crippen MR) is 83.9 cm³/mol. The van der Waals surface area contributed by atoms with E-state index >= 15 is 0 Å². The first-order chi connectivity index (χ1) is 8.77. The predicted octanol–water partition coefficient (Wildman–Crippen LogP) is 5.29. The van der Waals surface area contributed by atoms with Gasteiger partial charge >= 0.3 is 0 Å². The van der Waals surface area contributed by atoms with Gasteiger partial charge < -0.3 is 6.15 Å². The molecule has 0 aromatic heterocycles. The first-order valence-corrected chi connectivity index (χ1v) is 6.32. The Morgan fingerprint density at radius 3 is 2.05 bits per heavy atom. The second-order valence-corrected chi connectivity index (χ2v) is 4.76. The number of hydrogen-bond donors (Lipinski definition) is 1. The van der Waals surface area contributed by atoms with Crippen LogP contribution in [0.15, 0.2) is 60.7 Å². The van der Waals surface area contributed by atoms with Crippen molar-refractivity contribution in [2.75, 3.05) is 0 Å². The minimum absolute atomic E-state index is 0. The summed E-state index contributed by atoms with van der Waals surface area (Å²) >= 11 is 0. The molecule has 0 bridgehead atoms. The average Bonchev–Trinajstić information content (AvgIpc) is 2.44. The molecule has 3 N–H and O–H groups in total. The van der Waals surface area contributed by atoms with Crippen LogP contribution in [-0.4, -0.2) is 0 Å². The molecule has 3 aromatic carbocycles. The molecular weight excluding hydrogens is 230 g/mol. The summed E-state index contributed by atoms with van der Waals surface area (Å²) in [6, 6.07) is 21.5. The normalized spacial score (nSPS) is 10.2. The molecule has 0 spiro atoms. The zero-order chi connectivity index (χ0) is 12.5. The summed E-state index contributed by atoms with van der Waals surface area (Å²) in [6.45, 7) is 4.42. The summed E-state index contributed by atoms with van der Waals surface area (Å²) in [5, 5.41) is 2.68. The molecule has 0 saturated carbocycles. The summed E-state index contributed by atoms with van der Waals surface area (Å²) < 4.78 is 0. The lowest BCUT2D eigenvalue weighted by molar-refractivity contribution is 1.38. The molecule has 0 radical (unpaired) electrons. The number of rotatable bonds is 1. The Morgan fingerprint density at radius 1 is 0.684 bits per heavy atom. The molecule has 0 aliphatic heterocycles. The highest BCUT2D eigenvalue weighted by molar-refractivity contribution is 5.92. The van der Waals surface area contributed by atoms with Crippen molar-refractivity contribution in [3.05, 3.63) is 71.8 Å². The van der Waals surface area contributed by atoms with Crippen LogP contribution in [0.4, 0.5) is 0 Å². The molecule has 0 aliphatic carbocycles. The first-order valence-electron chi connectivity index (χ1n) is 6.32. The van der Waals surface area contributed by atoms with E-state index in [0.717, 1.165) is 0 Å². The van der Waals surface area contributed by atoms with Crippen LogP contribution < -0.4 is 6.15 Å². The van der Waals surface area contributed by atoms with Crippen LogP contribution in [0.1, 0.15) is 11.1 Å². The Hall–Kier alpha value is -2.12. The molecule has 1 heteroatoms. The topological polar surface area (TPSA) is 35.0 Å². The van der Waals surface area contributed by atoms with Gasteiger partial charge in [-0.05, 0) is 52.9 Å². The molecule has 0 saturated heterocycles. The van der Waals surface area contributed by atoms with Crippen molar-refractivity contribution in [3.8, 4) is 11.1 Å². The van der Waals surface area contributed by atoms with E-state index in [1.165, 1.54) is 33.0 Å². The van der Waals surface area contributed by atoms with Gasteiger partial charge in [-0.3, -0.25) is 0 Å². The molecule has 3 rings (SSSR count). The molecule has 19 heavy (non-hydrogen) atoms. The second kappa shape index (κ2) is 5.25. The zero-order valence-electron chi connectivity index (χ0n) is 11.5. The second-order valence-electron chi connectivity index (χ2n) is 4.76. The van der Waals surface area contributed by atoms with Gasteiger partial charge in [0.05, 0.1) is 0 Å². The van der Waals surface area contributed by atoms with E-state index in [4.69, 9.17) is 0 Å². The molecule has 0 heterocycles. The summed E-state index contributed by atoms with van der Waals surface area (Å²) in [5.41, 5.74) is 5.39. The molecule has 0 unspecified atom stereocenters. The minimum atomic E-state index is 0. The van der Waals surface area contributed by atoms with Gasteiger partial charge in [-0.1, -0.05) is 54.6 Å². The van der Waals surface area contributed by atoms with Gasteiger partial charge in [0.2, 0.25) is 0 Å². The lowest BCUT2D eigenvalue weighted by Gasteiger charge is -2.12. The van der Waals surface area contributed by atoms with E-state index in [1.807, 2.05) is 0 Å². The van der Waals surface area contributed by atoms with Crippen LogP contribution in [0.2, 0.25) is 0 Å². The fourth-order valence-electron chi connectivity index (χ4n) is 2.55. The van der Waals surface area contributed by atoms with E-state index in [-0.39, 0.29) is 6.15 Å². The molecule has 0 amide bonds. The first kappa shape index (κ1) is 13.3. The lowest BCUT2D eigenvalue weighted by Crippen LogP contribution is -1.89. The van der Waals surface area contributed by atoms with E-state index in [9.17, 15) is 0 Å². The smallest absolute Gasteiger partial charge is 0.0146 e. The van der Waals surface area contributed by atoms with E-state index in [2.05, 4.69) is 74.5 Å². The minimum Gasteiger partial charge on any atom is -0.344 e. The standard InChI is InChI=1S/C18H16.H3N/c1-13-14(2)18(15-8-4-3-5-9-15)12-16-10-6-7-11-17(13)16;/h3-12H,1-2H3;1H3. The van der Waals surface area contributed by atoms with Crippen LogP contribution >= 0.6 is 0 Å². The number of fused-ring (bicyclic) bond motifs is 1. The summed E-state index contributed by atoms with van der Waals surface area (Å²) in [6.07, 6.45) is 0. The van der Waals surface area contributed by atoms with Gasteiger partial charge in [-0.25, -0.2) is 0 Å². The quantitative estimate of drug-likeness (QED) is 0.625. The van der Waals surface area contributed by atoms with E-state index in [1.54, 1.807) is 0 Å². The largest absolute Gasteiger partial charge is 0.344 e. The third-order valence-electron chi connectivity index (χ3n) is 3.72. The fourth-order valence-corrected chi connectivity index (χ4v) is 2.55. The number of aryl methyl sites for hydroxylation is 1. The van der Waals surface area contributed by atoms with Gasteiger partial charge in [0.25, 0.3) is 0 Å². The highest BCUT2D eigenvalue weighted by Gasteiger charge is 2.07. The van der Waals surface area contributed by atoms with Crippen molar-refractivity contribution in [2.45, 2.75) is 13.8 Å². The maximum absolute atomic E-state index is 2.30. The number of benzene rings is 3. The fraction of sp³-hybridized carbons (Fsp3) is 0.111. The van der Waals surface area contributed by atoms with Crippen molar-refractivity contribution in [3.63, 3.8) is 0 Å². The molecule has 0 atom stereocenters. The summed E-state index contributed by atoms with van der Waals surface area (Å²) in [5.74, 6) is 0. The van der Waals surface area contributed by atoms with Crippen molar-refractivity contribution in [1.29, 1.82) is 0 Å². The Bertz CT molecular complexity index is 699. The molecule has 0 fully saturated rings. The highest BCUT2D eigenvalue weighted by Crippen LogP contribution is 2.31. The maximum Gasteiger partial charge on any atom is -0.0146 e. The SMILES string of the molecule is Cc1c(-c2ccccc2)cc2ccccc2c1C.N. The zero-order valence-corrected chi connectivity index (χ0v) is 11.5. The van der Waals surface area contributed by atoms with Gasteiger partial charge in [0.1, 0.15) is 0 Å². The van der Waals surface area contributed by atoms with Gasteiger partial charge in [-0.2, -0.15) is 0 Å². The van der Waals surface area contributed by atoms with Gasteiger partial charge in [0.15, 0.2) is 0 Å². The van der Waals surface area contributed by atoms with Gasteiger partial charge in [-0.15, -0.1) is 0 Å².